The quantitative estimate of drug-likeness (QED) is 0.755. The van der Waals surface area contributed by atoms with Crippen LogP contribution in [-0.2, 0) is 9.59 Å². The van der Waals surface area contributed by atoms with E-state index in [1.165, 1.54) is 4.90 Å². The van der Waals surface area contributed by atoms with E-state index in [1.54, 1.807) is 6.26 Å². The minimum absolute atomic E-state index is 0.0104. The van der Waals surface area contributed by atoms with Crippen molar-refractivity contribution >= 4 is 28.5 Å². The van der Waals surface area contributed by atoms with E-state index in [0.717, 1.165) is 24.6 Å². The van der Waals surface area contributed by atoms with Gasteiger partial charge < -0.3 is 4.42 Å². The fourth-order valence-corrected chi connectivity index (χ4v) is 4.78. The average molecular weight is 281 g/mol. The third-order valence-corrected chi connectivity index (χ3v) is 5.63. The second kappa shape index (κ2) is 3.75. The summed E-state index contributed by atoms with van der Waals surface area (Å²) in [5, 5.41) is 0.839. The van der Waals surface area contributed by atoms with E-state index >= 15 is 0 Å². The van der Waals surface area contributed by atoms with Gasteiger partial charge in [0.1, 0.15) is 11.8 Å². The Morgan fingerprint density at radius 1 is 1.00 bits per heavy atom. The Morgan fingerprint density at radius 3 is 2.38 bits per heavy atom. The molecule has 0 N–H and O–H groups in total. The zero-order valence-electron chi connectivity index (χ0n) is 11.5. The molecule has 1 saturated heterocycles. The molecule has 1 aromatic carbocycles. The molecule has 21 heavy (non-hydrogen) atoms. The van der Waals surface area contributed by atoms with Crippen LogP contribution in [0.4, 0.5) is 5.69 Å². The first kappa shape index (κ1) is 11.5. The Balaban J connectivity index is 1.64. The van der Waals surface area contributed by atoms with E-state index in [2.05, 4.69) is 0 Å². The monoisotopic (exact) mass is 281 g/mol. The summed E-state index contributed by atoms with van der Waals surface area (Å²) in [7, 11) is 0. The largest absolute Gasteiger partial charge is 0.462 e. The number of furan rings is 1. The van der Waals surface area contributed by atoms with Crippen molar-refractivity contribution in [2.75, 3.05) is 4.90 Å². The topological polar surface area (TPSA) is 50.5 Å². The van der Waals surface area contributed by atoms with Gasteiger partial charge in [-0.1, -0.05) is 12.1 Å². The fourth-order valence-electron chi connectivity index (χ4n) is 4.78. The van der Waals surface area contributed by atoms with Gasteiger partial charge >= 0.3 is 0 Å². The Morgan fingerprint density at radius 2 is 1.67 bits per heavy atom. The first-order chi connectivity index (χ1) is 10.3. The molecule has 4 unspecified atom stereocenters. The molecule has 0 spiro atoms. The molecular weight excluding hydrogens is 266 g/mol. The van der Waals surface area contributed by atoms with E-state index in [9.17, 15) is 9.59 Å². The summed E-state index contributed by atoms with van der Waals surface area (Å²) in [6, 6.07) is 7.54. The van der Waals surface area contributed by atoms with Gasteiger partial charge in [-0.2, -0.15) is 0 Å². The molecule has 2 aromatic rings. The number of fused-ring (bicyclic) bond motifs is 6. The Labute approximate surface area is 121 Å². The molecule has 2 saturated carbocycles. The highest BCUT2D eigenvalue weighted by Gasteiger charge is 2.61. The van der Waals surface area contributed by atoms with E-state index < -0.39 is 0 Å². The first-order valence-corrected chi connectivity index (χ1v) is 7.60. The number of hydrogen-bond acceptors (Lipinski definition) is 3. The lowest BCUT2D eigenvalue weighted by Crippen LogP contribution is -2.32. The van der Waals surface area contributed by atoms with Gasteiger partial charge in [-0.15, -0.1) is 0 Å². The van der Waals surface area contributed by atoms with Gasteiger partial charge in [0.2, 0.25) is 11.8 Å². The first-order valence-electron chi connectivity index (χ1n) is 7.60. The normalized spacial score (nSPS) is 34.2. The van der Waals surface area contributed by atoms with Crippen LogP contribution in [0.15, 0.2) is 34.9 Å². The lowest BCUT2D eigenvalue weighted by molar-refractivity contribution is -0.123. The van der Waals surface area contributed by atoms with Crippen molar-refractivity contribution in [3.63, 3.8) is 0 Å². The smallest absolute Gasteiger partial charge is 0.238 e. The second-order valence-corrected chi connectivity index (χ2v) is 6.51. The second-order valence-electron chi connectivity index (χ2n) is 6.51. The lowest BCUT2D eigenvalue weighted by Gasteiger charge is -2.19. The number of imide groups is 1. The van der Waals surface area contributed by atoms with Crippen molar-refractivity contribution in [1.29, 1.82) is 0 Å². The van der Waals surface area contributed by atoms with Crippen LogP contribution in [0.25, 0.3) is 11.0 Å². The summed E-state index contributed by atoms with van der Waals surface area (Å²) in [6.07, 6.45) is 4.81. The summed E-state index contributed by atoms with van der Waals surface area (Å²) in [4.78, 5) is 27.0. The summed E-state index contributed by atoms with van der Waals surface area (Å²) in [5.41, 5.74) is 1.34. The highest BCUT2D eigenvalue weighted by Crippen LogP contribution is 2.57. The van der Waals surface area contributed by atoms with Crippen molar-refractivity contribution in [1.82, 2.24) is 0 Å². The molecule has 4 heteroatoms. The van der Waals surface area contributed by atoms with E-state index in [4.69, 9.17) is 4.42 Å². The predicted molar refractivity (Wildman–Crippen MR) is 76.5 cm³/mol. The van der Waals surface area contributed by atoms with Gasteiger partial charge in [-0.25, -0.2) is 4.90 Å². The zero-order chi connectivity index (χ0) is 14.1. The summed E-state index contributed by atoms with van der Waals surface area (Å²) in [6.45, 7) is 0. The summed E-state index contributed by atoms with van der Waals surface area (Å²) < 4.78 is 5.50. The Hall–Kier alpha value is -2.10. The van der Waals surface area contributed by atoms with Crippen LogP contribution in [0, 0.1) is 23.7 Å². The number of rotatable bonds is 1. The summed E-state index contributed by atoms with van der Waals surface area (Å²) >= 11 is 0. The van der Waals surface area contributed by atoms with Crippen molar-refractivity contribution in [3.05, 3.63) is 30.5 Å². The van der Waals surface area contributed by atoms with Crippen LogP contribution >= 0.6 is 0 Å². The molecule has 106 valence electrons. The van der Waals surface area contributed by atoms with Crippen molar-refractivity contribution in [2.24, 2.45) is 23.7 Å². The number of carbonyl (C=O) groups excluding carboxylic acids is 2. The maximum absolute atomic E-state index is 12.8. The third kappa shape index (κ3) is 1.30. The third-order valence-electron chi connectivity index (χ3n) is 5.63. The van der Waals surface area contributed by atoms with Crippen molar-refractivity contribution in [2.45, 2.75) is 19.3 Å². The SMILES string of the molecule is O=C1C2C3CCC(C3)C2C(=O)N1c1coc2ccccc12. The van der Waals surface area contributed by atoms with E-state index in [0.29, 0.717) is 23.1 Å². The Bertz CT molecular complexity index is 749. The molecule has 4 atom stereocenters. The summed E-state index contributed by atoms with van der Waals surface area (Å²) in [5.74, 6) is 0.654. The molecule has 2 amide bonds. The lowest BCUT2D eigenvalue weighted by atomic mass is 9.81. The maximum atomic E-state index is 12.8. The van der Waals surface area contributed by atoms with Crippen LogP contribution < -0.4 is 4.90 Å². The molecule has 3 fully saturated rings. The van der Waals surface area contributed by atoms with Crippen LogP contribution in [0.5, 0.6) is 0 Å². The molecule has 3 aliphatic rings. The molecule has 5 rings (SSSR count). The molecule has 2 heterocycles. The number of anilines is 1. The number of benzene rings is 1. The van der Waals surface area contributed by atoms with Gasteiger partial charge in [-0.3, -0.25) is 9.59 Å². The van der Waals surface area contributed by atoms with Crippen LogP contribution in [-0.4, -0.2) is 11.8 Å². The highest BCUT2D eigenvalue weighted by atomic mass is 16.3. The highest BCUT2D eigenvalue weighted by molar-refractivity contribution is 6.25. The van der Waals surface area contributed by atoms with Gasteiger partial charge in [-0.05, 0) is 43.2 Å². The molecule has 4 nitrogen and oxygen atoms in total. The van der Waals surface area contributed by atoms with E-state index in [1.807, 2.05) is 24.3 Å². The van der Waals surface area contributed by atoms with Gasteiger partial charge in [0.15, 0.2) is 0 Å². The number of hydrogen-bond donors (Lipinski definition) is 0. The molecular formula is C17H15NO3. The minimum atomic E-state index is -0.0788. The molecule has 2 aliphatic carbocycles. The Kier molecular flexibility index (Phi) is 2.06. The molecule has 1 aliphatic heterocycles. The number of nitrogens with zero attached hydrogens (tertiary/aromatic N) is 1. The molecule has 0 radical (unpaired) electrons. The van der Waals surface area contributed by atoms with Gasteiger partial charge in [0.05, 0.1) is 17.5 Å². The van der Waals surface area contributed by atoms with Crippen molar-refractivity contribution < 1.29 is 14.0 Å². The van der Waals surface area contributed by atoms with Crippen LogP contribution in [0.1, 0.15) is 19.3 Å². The standard InChI is InChI=1S/C17H15NO3/c19-16-14-9-5-6-10(7-9)15(14)17(20)18(16)12-8-21-13-4-2-1-3-11(12)13/h1-4,8-10,14-15H,5-7H2. The van der Waals surface area contributed by atoms with E-state index in [-0.39, 0.29) is 23.7 Å². The van der Waals surface area contributed by atoms with Gasteiger partial charge in [0.25, 0.3) is 0 Å². The minimum Gasteiger partial charge on any atom is -0.462 e. The van der Waals surface area contributed by atoms with Crippen molar-refractivity contribution in [3.8, 4) is 0 Å². The zero-order valence-corrected chi connectivity index (χ0v) is 11.5. The predicted octanol–water partition coefficient (Wildman–Crippen LogP) is 2.97. The maximum Gasteiger partial charge on any atom is 0.238 e. The van der Waals surface area contributed by atoms with Crippen LogP contribution in [0.2, 0.25) is 0 Å². The van der Waals surface area contributed by atoms with Gasteiger partial charge in [0, 0.05) is 5.39 Å². The molecule has 1 aromatic heterocycles. The number of amides is 2. The van der Waals surface area contributed by atoms with Crippen LogP contribution in [0.3, 0.4) is 0 Å². The number of carbonyl (C=O) groups is 2. The fraction of sp³-hybridized carbons (Fsp3) is 0.412. The average Bonchev–Trinajstić information content (AvgIpc) is 3.23. The number of para-hydroxylation sites is 1. The molecule has 2 bridgehead atoms.